The highest BCUT2D eigenvalue weighted by atomic mass is 35.5. The molecule has 0 atom stereocenters. The van der Waals surface area contributed by atoms with E-state index in [1.807, 2.05) is 0 Å². The number of carbonyl (C=O) groups is 3. The maximum atomic E-state index is 13.0. The van der Waals surface area contributed by atoms with Crippen molar-refractivity contribution in [3.8, 4) is 0 Å². The molecule has 0 fully saturated rings. The van der Waals surface area contributed by atoms with Crippen molar-refractivity contribution in [2.75, 3.05) is 16.4 Å². The van der Waals surface area contributed by atoms with Gasteiger partial charge in [0.05, 0.1) is 22.1 Å². The van der Waals surface area contributed by atoms with E-state index in [9.17, 15) is 14.4 Å². The Morgan fingerprint density at radius 2 is 1.55 bits per heavy atom. The van der Waals surface area contributed by atoms with Crippen molar-refractivity contribution in [2.45, 2.75) is 4.90 Å². The van der Waals surface area contributed by atoms with Gasteiger partial charge in [-0.15, -0.1) is 11.8 Å². The number of thioether (sulfide) groups is 1. The fourth-order valence-corrected chi connectivity index (χ4v) is 4.21. The highest BCUT2D eigenvalue weighted by Crippen LogP contribution is 2.26. The van der Waals surface area contributed by atoms with E-state index in [1.54, 1.807) is 84.9 Å². The summed E-state index contributed by atoms with van der Waals surface area (Å²) in [7, 11) is 0. The van der Waals surface area contributed by atoms with Crippen LogP contribution in [0.2, 0.25) is 10.0 Å². The first-order chi connectivity index (χ1) is 18.4. The summed E-state index contributed by atoms with van der Waals surface area (Å²) < 4.78 is 5.31. The van der Waals surface area contributed by atoms with Crippen molar-refractivity contribution in [3.05, 3.63) is 118 Å². The molecule has 0 spiro atoms. The summed E-state index contributed by atoms with van der Waals surface area (Å²) in [5.41, 5.74) is 1.50. The van der Waals surface area contributed by atoms with Crippen LogP contribution in [-0.2, 0) is 9.59 Å². The number of hydrogen-bond donors (Lipinski definition) is 3. The summed E-state index contributed by atoms with van der Waals surface area (Å²) >= 11 is 13.2. The zero-order valence-corrected chi connectivity index (χ0v) is 22.1. The van der Waals surface area contributed by atoms with Gasteiger partial charge in [0.2, 0.25) is 5.91 Å². The van der Waals surface area contributed by atoms with Crippen molar-refractivity contribution in [2.24, 2.45) is 0 Å². The van der Waals surface area contributed by atoms with Crippen molar-refractivity contribution in [1.82, 2.24) is 5.32 Å². The van der Waals surface area contributed by atoms with Gasteiger partial charge in [-0.05, 0) is 66.7 Å². The summed E-state index contributed by atoms with van der Waals surface area (Å²) in [5, 5.41) is 8.95. The summed E-state index contributed by atoms with van der Waals surface area (Å²) in [4.78, 5) is 38.8. The minimum atomic E-state index is -0.521. The Kier molecular flexibility index (Phi) is 9.26. The Labute approximate surface area is 233 Å². The molecule has 38 heavy (non-hydrogen) atoms. The summed E-state index contributed by atoms with van der Waals surface area (Å²) in [6.45, 7) is 0. The van der Waals surface area contributed by atoms with Gasteiger partial charge >= 0.3 is 0 Å². The topological polar surface area (TPSA) is 100 Å². The highest BCUT2D eigenvalue weighted by molar-refractivity contribution is 8.00. The lowest BCUT2D eigenvalue weighted by Crippen LogP contribution is -2.30. The Balaban J connectivity index is 1.36. The second-order valence-corrected chi connectivity index (χ2v) is 9.70. The van der Waals surface area contributed by atoms with Crippen LogP contribution in [0.3, 0.4) is 0 Å². The van der Waals surface area contributed by atoms with Crippen LogP contribution < -0.4 is 16.0 Å². The average Bonchev–Trinajstić information content (AvgIpc) is 3.44. The monoisotopic (exact) mass is 565 g/mol. The molecular formula is C28H21Cl2N3O4S. The summed E-state index contributed by atoms with van der Waals surface area (Å²) in [6.07, 6.45) is 2.93. The highest BCUT2D eigenvalue weighted by Gasteiger charge is 2.16. The number of amides is 3. The third-order valence-electron chi connectivity index (χ3n) is 5.04. The number of rotatable bonds is 9. The number of carbonyl (C=O) groups excluding carboxylic acids is 3. The molecule has 3 amide bonds. The number of benzene rings is 3. The lowest BCUT2D eigenvalue weighted by Gasteiger charge is -2.11. The van der Waals surface area contributed by atoms with E-state index in [1.165, 1.54) is 24.1 Å². The van der Waals surface area contributed by atoms with Gasteiger partial charge in [0.15, 0.2) is 0 Å². The average molecular weight is 566 g/mol. The molecular weight excluding hydrogens is 545 g/mol. The van der Waals surface area contributed by atoms with E-state index in [0.29, 0.717) is 32.7 Å². The third-order valence-corrected chi connectivity index (χ3v) is 6.80. The largest absolute Gasteiger partial charge is 0.465 e. The predicted octanol–water partition coefficient (Wildman–Crippen LogP) is 6.73. The Morgan fingerprint density at radius 3 is 2.24 bits per heavy atom. The smallest absolute Gasteiger partial charge is 0.272 e. The first-order valence-electron chi connectivity index (χ1n) is 11.3. The molecule has 0 unspecified atom stereocenters. The van der Waals surface area contributed by atoms with E-state index < -0.39 is 11.8 Å². The SMILES string of the molecule is O=C(CSc1ccc(NC(=O)/C(=C/c2ccco2)NC(=O)c2ccccc2)cc1)Nc1ccc(Cl)c(Cl)c1. The van der Waals surface area contributed by atoms with Crippen LogP contribution in [0.5, 0.6) is 0 Å². The van der Waals surface area contributed by atoms with Gasteiger partial charge in [-0.25, -0.2) is 0 Å². The maximum Gasteiger partial charge on any atom is 0.272 e. The third kappa shape index (κ3) is 7.76. The summed E-state index contributed by atoms with van der Waals surface area (Å²) in [6, 6.07) is 23.8. The fourth-order valence-electron chi connectivity index (χ4n) is 3.21. The van der Waals surface area contributed by atoms with E-state index >= 15 is 0 Å². The van der Waals surface area contributed by atoms with E-state index in [4.69, 9.17) is 27.6 Å². The Hall–Kier alpha value is -3.98. The van der Waals surface area contributed by atoms with Gasteiger partial charge in [0.25, 0.3) is 11.8 Å². The zero-order valence-electron chi connectivity index (χ0n) is 19.7. The van der Waals surface area contributed by atoms with Gasteiger partial charge < -0.3 is 20.4 Å². The number of hydrogen-bond acceptors (Lipinski definition) is 5. The van der Waals surface area contributed by atoms with Crippen LogP contribution in [0, 0.1) is 0 Å². The van der Waals surface area contributed by atoms with Gasteiger partial charge in [0, 0.05) is 27.9 Å². The molecule has 0 aliphatic rings. The van der Waals surface area contributed by atoms with E-state index in [-0.39, 0.29) is 17.4 Å². The number of anilines is 2. The minimum Gasteiger partial charge on any atom is -0.465 e. The fraction of sp³-hybridized carbons (Fsp3) is 0.0357. The molecule has 1 heterocycles. The van der Waals surface area contributed by atoms with E-state index in [0.717, 1.165) is 4.90 Å². The molecule has 0 radical (unpaired) electrons. The molecule has 0 saturated carbocycles. The molecule has 192 valence electrons. The van der Waals surface area contributed by atoms with Gasteiger partial charge in [-0.3, -0.25) is 14.4 Å². The normalized spacial score (nSPS) is 11.1. The van der Waals surface area contributed by atoms with Crippen LogP contribution in [-0.4, -0.2) is 23.5 Å². The number of nitrogens with one attached hydrogen (secondary N) is 3. The standard InChI is InChI=1S/C28H21Cl2N3O4S/c29-23-13-10-20(15-24(23)30)31-26(34)17-38-22-11-8-19(9-12-22)32-28(36)25(16-21-7-4-14-37-21)33-27(35)18-5-2-1-3-6-18/h1-16H,17H2,(H,31,34)(H,32,36)(H,33,35)/b25-16-. The van der Waals surface area contributed by atoms with Crippen LogP contribution in [0.15, 0.2) is 106 Å². The van der Waals surface area contributed by atoms with Crippen molar-refractivity contribution < 1.29 is 18.8 Å². The quantitative estimate of drug-likeness (QED) is 0.154. The molecule has 4 aromatic rings. The van der Waals surface area contributed by atoms with Crippen LogP contribution in [0.1, 0.15) is 16.1 Å². The molecule has 3 aromatic carbocycles. The second kappa shape index (κ2) is 13.0. The van der Waals surface area contributed by atoms with Gasteiger partial charge in [0.1, 0.15) is 11.5 Å². The number of furan rings is 1. The Bertz CT molecular complexity index is 1460. The number of halogens is 2. The maximum absolute atomic E-state index is 13.0. The molecule has 0 aliphatic heterocycles. The van der Waals surface area contributed by atoms with Crippen LogP contribution in [0.4, 0.5) is 11.4 Å². The molecule has 0 saturated heterocycles. The zero-order chi connectivity index (χ0) is 26.9. The van der Waals surface area contributed by atoms with Crippen LogP contribution >= 0.6 is 35.0 Å². The van der Waals surface area contributed by atoms with Gasteiger partial charge in [-0.1, -0.05) is 41.4 Å². The van der Waals surface area contributed by atoms with Crippen molar-refractivity contribution >= 4 is 70.1 Å². The first-order valence-corrected chi connectivity index (χ1v) is 13.0. The van der Waals surface area contributed by atoms with Crippen molar-refractivity contribution in [3.63, 3.8) is 0 Å². The summed E-state index contributed by atoms with van der Waals surface area (Å²) in [5.74, 6) is -0.563. The van der Waals surface area contributed by atoms with Crippen LogP contribution in [0.25, 0.3) is 6.08 Å². The van der Waals surface area contributed by atoms with E-state index in [2.05, 4.69) is 16.0 Å². The molecule has 0 bridgehead atoms. The predicted molar refractivity (Wildman–Crippen MR) is 151 cm³/mol. The lowest BCUT2D eigenvalue weighted by atomic mass is 10.2. The first kappa shape index (κ1) is 27.1. The molecule has 4 rings (SSSR count). The molecule has 1 aromatic heterocycles. The Morgan fingerprint density at radius 1 is 0.816 bits per heavy atom. The lowest BCUT2D eigenvalue weighted by molar-refractivity contribution is -0.114. The molecule has 7 nitrogen and oxygen atoms in total. The molecule has 0 aliphatic carbocycles. The van der Waals surface area contributed by atoms with Gasteiger partial charge in [-0.2, -0.15) is 0 Å². The van der Waals surface area contributed by atoms with Crippen molar-refractivity contribution in [1.29, 1.82) is 0 Å². The minimum absolute atomic E-state index is 0.0197. The second-order valence-electron chi connectivity index (χ2n) is 7.84. The molecule has 3 N–H and O–H groups in total. The molecule has 10 heteroatoms.